The number of nitrogens with zero attached hydrogens (tertiary/aromatic N) is 2. The summed E-state index contributed by atoms with van der Waals surface area (Å²) < 4.78 is 8.04. The Hall–Kier alpha value is -1.62. The number of ether oxygens (including phenoxy) is 1. The third-order valence-corrected chi connectivity index (χ3v) is 2.39. The van der Waals surface area contributed by atoms with Crippen molar-refractivity contribution >= 4 is 22.2 Å². The lowest BCUT2D eigenvalue weighted by atomic mass is 10.2. The van der Waals surface area contributed by atoms with Crippen LogP contribution in [0.4, 0.5) is 0 Å². The molecule has 0 spiro atoms. The van der Waals surface area contributed by atoms with Crippen LogP contribution in [-0.4, -0.2) is 16.1 Å². The van der Waals surface area contributed by atoms with E-state index in [2.05, 4.69) is 21.0 Å². The van der Waals surface area contributed by atoms with Crippen molar-refractivity contribution < 1.29 is 9.53 Å². The molecule has 0 atom stereocenters. The van der Waals surface area contributed by atoms with E-state index in [9.17, 15) is 4.79 Å². The van der Waals surface area contributed by atoms with E-state index in [4.69, 9.17) is 4.74 Å². The standard InChI is InChI=1S/C11H9BrN2O2/c12-10-5-13-14(6-10)8-16-11-3-1-9(7-15)2-4-11/h1-7H,8H2. The summed E-state index contributed by atoms with van der Waals surface area (Å²) in [5.74, 6) is 0.706. The highest BCUT2D eigenvalue weighted by Gasteiger charge is 1.97. The summed E-state index contributed by atoms with van der Waals surface area (Å²) in [5.41, 5.74) is 0.634. The first-order valence-electron chi connectivity index (χ1n) is 4.64. The van der Waals surface area contributed by atoms with Gasteiger partial charge in [0.1, 0.15) is 12.0 Å². The SMILES string of the molecule is O=Cc1ccc(OCn2cc(Br)cn2)cc1. The summed E-state index contributed by atoms with van der Waals surface area (Å²) >= 11 is 3.30. The molecule has 16 heavy (non-hydrogen) atoms. The Morgan fingerprint density at radius 1 is 1.38 bits per heavy atom. The number of aromatic nitrogens is 2. The molecule has 0 amide bonds. The van der Waals surface area contributed by atoms with E-state index in [0.29, 0.717) is 18.0 Å². The van der Waals surface area contributed by atoms with Gasteiger partial charge in [0.25, 0.3) is 0 Å². The molecule has 4 nitrogen and oxygen atoms in total. The summed E-state index contributed by atoms with van der Waals surface area (Å²) in [4.78, 5) is 10.4. The maximum absolute atomic E-state index is 10.4. The first-order chi connectivity index (χ1) is 7.78. The summed E-state index contributed by atoms with van der Waals surface area (Å²) in [6.07, 6.45) is 4.31. The molecule has 0 N–H and O–H groups in total. The Morgan fingerprint density at radius 3 is 2.69 bits per heavy atom. The van der Waals surface area contributed by atoms with E-state index >= 15 is 0 Å². The topological polar surface area (TPSA) is 44.1 Å². The number of hydrogen-bond acceptors (Lipinski definition) is 3. The van der Waals surface area contributed by atoms with Crippen LogP contribution in [0.5, 0.6) is 5.75 Å². The van der Waals surface area contributed by atoms with Crippen LogP contribution >= 0.6 is 15.9 Å². The van der Waals surface area contributed by atoms with Crippen molar-refractivity contribution in [2.45, 2.75) is 6.73 Å². The largest absolute Gasteiger partial charge is 0.471 e. The Balaban J connectivity index is 1.96. The average Bonchev–Trinajstić information content (AvgIpc) is 2.73. The summed E-state index contributed by atoms with van der Waals surface area (Å²) in [6, 6.07) is 6.92. The van der Waals surface area contributed by atoms with E-state index in [1.54, 1.807) is 35.1 Å². The molecule has 0 saturated carbocycles. The van der Waals surface area contributed by atoms with Crippen LogP contribution in [0.2, 0.25) is 0 Å². The van der Waals surface area contributed by atoms with Crippen molar-refractivity contribution in [3.05, 3.63) is 46.7 Å². The molecule has 0 fully saturated rings. The molecule has 0 radical (unpaired) electrons. The fourth-order valence-corrected chi connectivity index (χ4v) is 1.52. The zero-order chi connectivity index (χ0) is 11.4. The Labute approximate surface area is 101 Å². The second-order valence-electron chi connectivity index (χ2n) is 3.16. The maximum atomic E-state index is 10.4. The van der Waals surface area contributed by atoms with Crippen LogP contribution in [0.1, 0.15) is 10.4 Å². The van der Waals surface area contributed by atoms with Crippen molar-refractivity contribution in [1.29, 1.82) is 0 Å². The highest BCUT2D eigenvalue weighted by molar-refractivity contribution is 9.10. The zero-order valence-electron chi connectivity index (χ0n) is 8.34. The van der Waals surface area contributed by atoms with Crippen molar-refractivity contribution in [3.63, 3.8) is 0 Å². The fourth-order valence-electron chi connectivity index (χ4n) is 1.19. The third-order valence-electron chi connectivity index (χ3n) is 1.98. The van der Waals surface area contributed by atoms with Crippen molar-refractivity contribution in [2.75, 3.05) is 0 Å². The Kier molecular flexibility index (Phi) is 3.36. The van der Waals surface area contributed by atoms with Crippen LogP contribution in [0.3, 0.4) is 0 Å². The van der Waals surface area contributed by atoms with Crippen LogP contribution in [0.15, 0.2) is 41.1 Å². The minimum atomic E-state index is 0.339. The van der Waals surface area contributed by atoms with Gasteiger partial charge in [-0.05, 0) is 40.2 Å². The lowest BCUT2D eigenvalue weighted by molar-refractivity contribution is 0.112. The lowest BCUT2D eigenvalue weighted by Crippen LogP contribution is -2.05. The number of halogens is 1. The van der Waals surface area contributed by atoms with E-state index in [-0.39, 0.29) is 0 Å². The van der Waals surface area contributed by atoms with Gasteiger partial charge in [-0.2, -0.15) is 5.10 Å². The first-order valence-corrected chi connectivity index (χ1v) is 5.43. The van der Waals surface area contributed by atoms with Crippen LogP contribution < -0.4 is 4.74 Å². The molecule has 2 rings (SSSR count). The molecule has 5 heteroatoms. The van der Waals surface area contributed by atoms with Gasteiger partial charge in [0, 0.05) is 11.8 Å². The van der Waals surface area contributed by atoms with Crippen LogP contribution in [0.25, 0.3) is 0 Å². The number of benzene rings is 1. The van der Waals surface area contributed by atoms with E-state index in [0.717, 1.165) is 10.8 Å². The number of carbonyl (C=O) groups excluding carboxylic acids is 1. The smallest absolute Gasteiger partial charge is 0.180 e. The molecule has 0 aliphatic carbocycles. The Bertz CT molecular complexity index is 479. The lowest BCUT2D eigenvalue weighted by Gasteiger charge is -2.05. The summed E-state index contributed by atoms with van der Waals surface area (Å²) in [6.45, 7) is 0.339. The van der Waals surface area contributed by atoms with E-state index in [1.165, 1.54) is 0 Å². The van der Waals surface area contributed by atoms with E-state index in [1.807, 2.05) is 6.20 Å². The van der Waals surface area contributed by atoms with Gasteiger partial charge in [-0.15, -0.1) is 0 Å². The number of rotatable bonds is 4. The molecular weight excluding hydrogens is 272 g/mol. The number of carbonyl (C=O) groups is 1. The highest BCUT2D eigenvalue weighted by atomic mass is 79.9. The molecule has 0 unspecified atom stereocenters. The molecule has 0 aliphatic heterocycles. The molecule has 0 bridgehead atoms. The minimum Gasteiger partial charge on any atom is -0.471 e. The number of hydrogen-bond donors (Lipinski definition) is 0. The summed E-state index contributed by atoms with van der Waals surface area (Å²) in [5, 5.41) is 4.05. The zero-order valence-corrected chi connectivity index (χ0v) is 9.92. The molecule has 0 aliphatic rings. The Morgan fingerprint density at radius 2 is 2.12 bits per heavy atom. The van der Waals surface area contributed by atoms with Gasteiger partial charge in [0.2, 0.25) is 0 Å². The predicted molar refractivity (Wildman–Crippen MR) is 62.4 cm³/mol. The third kappa shape index (κ3) is 2.70. The fraction of sp³-hybridized carbons (Fsp3) is 0.0909. The number of aldehydes is 1. The van der Waals surface area contributed by atoms with Gasteiger partial charge in [-0.3, -0.25) is 4.79 Å². The van der Waals surface area contributed by atoms with Gasteiger partial charge in [0.15, 0.2) is 6.73 Å². The molecule has 2 aromatic rings. The molecule has 0 saturated heterocycles. The van der Waals surface area contributed by atoms with Crippen molar-refractivity contribution in [3.8, 4) is 5.75 Å². The van der Waals surface area contributed by atoms with Crippen molar-refractivity contribution in [1.82, 2.24) is 9.78 Å². The van der Waals surface area contributed by atoms with Gasteiger partial charge >= 0.3 is 0 Å². The molecule has 1 heterocycles. The second kappa shape index (κ2) is 4.94. The molecule has 82 valence electrons. The maximum Gasteiger partial charge on any atom is 0.180 e. The monoisotopic (exact) mass is 280 g/mol. The average molecular weight is 281 g/mol. The van der Waals surface area contributed by atoms with E-state index < -0.39 is 0 Å². The van der Waals surface area contributed by atoms with Gasteiger partial charge < -0.3 is 4.74 Å². The van der Waals surface area contributed by atoms with Gasteiger partial charge in [-0.1, -0.05) is 0 Å². The van der Waals surface area contributed by atoms with Crippen molar-refractivity contribution in [2.24, 2.45) is 0 Å². The van der Waals surface area contributed by atoms with Crippen LogP contribution in [-0.2, 0) is 6.73 Å². The van der Waals surface area contributed by atoms with Gasteiger partial charge in [-0.25, -0.2) is 4.68 Å². The molecular formula is C11H9BrN2O2. The molecule has 1 aromatic heterocycles. The highest BCUT2D eigenvalue weighted by Crippen LogP contribution is 2.12. The quantitative estimate of drug-likeness (QED) is 0.809. The second-order valence-corrected chi connectivity index (χ2v) is 4.07. The van der Waals surface area contributed by atoms with Crippen LogP contribution in [0, 0.1) is 0 Å². The normalized spacial score (nSPS) is 10.1. The summed E-state index contributed by atoms with van der Waals surface area (Å²) in [7, 11) is 0. The predicted octanol–water partition coefficient (Wildman–Crippen LogP) is 2.49. The van der Waals surface area contributed by atoms with Gasteiger partial charge in [0.05, 0.1) is 10.7 Å². The molecule has 1 aromatic carbocycles. The first kappa shape index (κ1) is 10.9. The minimum absolute atomic E-state index is 0.339.